The van der Waals surface area contributed by atoms with Gasteiger partial charge in [0.1, 0.15) is 0 Å². The Morgan fingerprint density at radius 3 is 2.87 bits per heavy atom. The minimum atomic E-state index is -0.861. The van der Waals surface area contributed by atoms with E-state index in [4.69, 9.17) is 5.11 Å². The maximum atomic E-state index is 10.8. The molecule has 0 fully saturated rings. The number of hydrogen-bond donors (Lipinski definition) is 1. The molecule has 15 heavy (non-hydrogen) atoms. The van der Waals surface area contributed by atoms with Gasteiger partial charge in [0.2, 0.25) is 0 Å². The molecule has 1 aromatic rings. The maximum Gasteiger partial charge on any atom is 0.335 e. The molecule has 3 heteroatoms. The predicted molar refractivity (Wildman–Crippen MR) is 57.7 cm³/mol. The van der Waals surface area contributed by atoms with Gasteiger partial charge in [0.05, 0.1) is 5.56 Å². The van der Waals surface area contributed by atoms with Gasteiger partial charge >= 0.3 is 5.97 Å². The van der Waals surface area contributed by atoms with Crippen molar-refractivity contribution in [2.75, 3.05) is 6.54 Å². The molecule has 0 aromatic heterocycles. The third kappa shape index (κ3) is 1.92. The van der Waals surface area contributed by atoms with E-state index < -0.39 is 5.97 Å². The lowest BCUT2D eigenvalue weighted by atomic mass is 10.1. The first-order valence-corrected chi connectivity index (χ1v) is 4.89. The summed E-state index contributed by atoms with van der Waals surface area (Å²) in [6.07, 6.45) is 1.87. The van der Waals surface area contributed by atoms with Crippen molar-refractivity contribution in [2.45, 2.75) is 13.1 Å². The fraction of sp³-hybridized carbons (Fsp3) is 0.250. The topological polar surface area (TPSA) is 40.5 Å². The van der Waals surface area contributed by atoms with E-state index in [-0.39, 0.29) is 0 Å². The summed E-state index contributed by atoms with van der Waals surface area (Å²) in [7, 11) is 0. The summed E-state index contributed by atoms with van der Waals surface area (Å²) < 4.78 is 0. The van der Waals surface area contributed by atoms with E-state index in [0.717, 1.165) is 25.2 Å². The third-order valence-corrected chi connectivity index (χ3v) is 2.63. The van der Waals surface area contributed by atoms with Crippen LogP contribution in [0.1, 0.15) is 21.5 Å². The lowest BCUT2D eigenvalue weighted by Crippen LogP contribution is -2.15. The number of carboxylic acid groups (broad SMARTS) is 1. The first-order chi connectivity index (χ1) is 7.20. The molecule has 1 heterocycles. The second kappa shape index (κ2) is 3.87. The van der Waals surface area contributed by atoms with Crippen LogP contribution in [0, 0.1) is 0 Å². The van der Waals surface area contributed by atoms with Gasteiger partial charge in [-0.25, -0.2) is 4.79 Å². The summed E-state index contributed by atoms with van der Waals surface area (Å²) >= 11 is 0. The number of carboxylic acids is 1. The van der Waals surface area contributed by atoms with Crippen LogP contribution in [0.4, 0.5) is 0 Å². The molecule has 1 aliphatic heterocycles. The van der Waals surface area contributed by atoms with Gasteiger partial charge in [0.15, 0.2) is 0 Å². The molecule has 1 aromatic carbocycles. The van der Waals surface area contributed by atoms with Gasteiger partial charge in [-0.2, -0.15) is 0 Å². The molecule has 0 unspecified atom stereocenters. The minimum Gasteiger partial charge on any atom is -0.478 e. The zero-order valence-corrected chi connectivity index (χ0v) is 8.44. The molecule has 1 aliphatic rings. The zero-order valence-electron chi connectivity index (χ0n) is 8.44. The van der Waals surface area contributed by atoms with Crippen LogP contribution < -0.4 is 0 Å². The number of benzene rings is 1. The number of rotatable bonds is 3. The van der Waals surface area contributed by atoms with Gasteiger partial charge in [-0.1, -0.05) is 12.1 Å². The SMILES string of the molecule is C=CCN1Cc2ccc(C(=O)O)cc2C1. The van der Waals surface area contributed by atoms with Gasteiger partial charge in [0, 0.05) is 19.6 Å². The molecular formula is C12H13NO2. The average molecular weight is 203 g/mol. The molecule has 3 nitrogen and oxygen atoms in total. The largest absolute Gasteiger partial charge is 0.478 e. The summed E-state index contributed by atoms with van der Waals surface area (Å²) in [5.41, 5.74) is 2.72. The highest BCUT2D eigenvalue weighted by Crippen LogP contribution is 2.23. The first kappa shape index (κ1) is 9.93. The van der Waals surface area contributed by atoms with Crippen LogP contribution in [0.5, 0.6) is 0 Å². The van der Waals surface area contributed by atoms with Crippen LogP contribution in [-0.2, 0) is 13.1 Å². The van der Waals surface area contributed by atoms with Crippen molar-refractivity contribution in [3.05, 3.63) is 47.5 Å². The number of hydrogen-bond acceptors (Lipinski definition) is 2. The second-order valence-electron chi connectivity index (χ2n) is 3.75. The summed E-state index contributed by atoms with van der Waals surface area (Å²) in [5, 5.41) is 8.86. The van der Waals surface area contributed by atoms with Crippen molar-refractivity contribution in [1.82, 2.24) is 4.90 Å². The highest BCUT2D eigenvalue weighted by Gasteiger charge is 2.18. The van der Waals surface area contributed by atoms with E-state index >= 15 is 0 Å². The van der Waals surface area contributed by atoms with Crippen molar-refractivity contribution in [3.8, 4) is 0 Å². The van der Waals surface area contributed by atoms with E-state index in [0.29, 0.717) is 5.56 Å². The van der Waals surface area contributed by atoms with Crippen molar-refractivity contribution in [1.29, 1.82) is 0 Å². The van der Waals surface area contributed by atoms with Gasteiger partial charge in [0.25, 0.3) is 0 Å². The lowest BCUT2D eigenvalue weighted by Gasteiger charge is -2.10. The van der Waals surface area contributed by atoms with Crippen LogP contribution in [0.25, 0.3) is 0 Å². The molecule has 0 radical (unpaired) electrons. The molecule has 0 atom stereocenters. The van der Waals surface area contributed by atoms with E-state index in [9.17, 15) is 4.79 Å². The molecule has 2 rings (SSSR count). The lowest BCUT2D eigenvalue weighted by molar-refractivity contribution is 0.0697. The summed E-state index contributed by atoms with van der Waals surface area (Å²) in [6.45, 7) is 6.25. The van der Waals surface area contributed by atoms with Crippen molar-refractivity contribution in [3.63, 3.8) is 0 Å². The highest BCUT2D eigenvalue weighted by molar-refractivity contribution is 5.87. The Bertz CT molecular complexity index is 412. The fourth-order valence-electron chi connectivity index (χ4n) is 1.91. The van der Waals surface area contributed by atoms with Crippen LogP contribution in [0.15, 0.2) is 30.9 Å². The van der Waals surface area contributed by atoms with E-state index in [1.54, 1.807) is 12.1 Å². The van der Waals surface area contributed by atoms with Crippen molar-refractivity contribution < 1.29 is 9.90 Å². The highest BCUT2D eigenvalue weighted by atomic mass is 16.4. The van der Waals surface area contributed by atoms with Crippen molar-refractivity contribution in [2.24, 2.45) is 0 Å². The predicted octanol–water partition coefficient (Wildman–Crippen LogP) is 1.89. The molecule has 0 saturated heterocycles. The van der Waals surface area contributed by atoms with Crippen LogP contribution >= 0.6 is 0 Å². The smallest absolute Gasteiger partial charge is 0.335 e. The molecule has 78 valence electrons. The number of aromatic carboxylic acids is 1. The monoisotopic (exact) mass is 203 g/mol. The molecule has 0 amide bonds. The van der Waals surface area contributed by atoms with E-state index in [1.807, 2.05) is 12.1 Å². The first-order valence-electron chi connectivity index (χ1n) is 4.89. The van der Waals surface area contributed by atoms with E-state index in [1.165, 1.54) is 5.56 Å². The molecule has 0 spiro atoms. The van der Waals surface area contributed by atoms with E-state index in [2.05, 4.69) is 11.5 Å². The molecule has 1 N–H and O–H groups in total. The Morgan fingerprint density at radius 2 is 2.20 bits per heavy atom. The van der Waals surface area contributed by atoms with Gasteiger partial charge in [-0.05, 0) is 23.3 Å². The third-order valence-electron chi connectivity index (χ3n) is 2.63. The fourth-order valence-corrected chi connectivity index (χ4v) is 1.91. The molecule has 0 bridgehead atoms. The minimum absolute atomic E-state index is 0.370. The maximum absolute atomic E-state index is 10.8. The quantitative estimate of drug-likeness (QED) is 0.762. The Hall–Kier alpha value is -1.61. The van der Waals surface area contributed by atoms with Crippen LogP contribution in [-0.4, -0.2) is 22.5 Å². The summed E-state index contributed by atoms with van der Waals surface area (Å²) in [5.74, 6) is -0.861. The standard InChI is InChI=1S/C12H13NO2/c1-2-5-13-7-10-4-3-9(12(14)15)6-11(10)8-13/h2-4,6H,1,5,7-8H2,(H,14,15). The molecule has 0 aliphatic carbocycles. The normalized spacial score (nSPS) is 14.9. The Morgan fingerprint density at radius 1 is 1.47 bits per heavy atom. The summed E-state index contributed by atoms with van der Waals surface area (Å²) in [4.78, 5) is 13.0. The molecular weight excluding hydrogens is 190 g/mol. The number of carbonyl (C=O) groups is 1. The van der Waals surface area contributed by atoms with Crippen molar-refractivity contribution >= 4 is 5.97 Å². The second-order valence-corrected chi connectivity index (χ2v) is 3.75. The van der Waals surface area contributed by atoms with Gasteiger partial charge in [-0.15, -0.1) is 6.58 Å². The Balaban J connectivity index is 2.23. The Labute approximate surface area is 88.6 Å². The molecule has 0 saturated carbocycles. The van der Waals surface area contributed by atoms with Gasteiger partial charge < -0.3 is 5.11 Å². The zero-order chi connectivity index (χ0) is 10.8. The number of fused-ring (bicyclic) bond motifs is 1. The van der Waals surface area contributed by atoms with Gasteiger partial charge in [-0.3, -0.25) is 4.90 Å². The summed E-state index contributed by atoms with van der Waals surface area (Å²) in [6, 6.07) is 5.33. The van der Waals surface area contributed by atoms with Crippen LogP contribution in [0.2, 0.25) is 0 Å². The Kier molecular flexibility index (Phi) is 2.56. The van der Waals surface area contributed by atoms with Crippen LogP contribution in [0.3, 0.4) is 0 Å². The number of nitrogens with zero attached hydrogens (tertiary/aromatic N) is 1. The average Bonchev–Trinajstić information content (AvgIpc) is 2.59.